The van der Waals surface area contributed by atoms with Gasteiger partial charge >= 0.3 is 6.09 Å². The number of amidine groups is 2. The lowest BCUT2D eigenvalue weighted by molar-refractivity contribution is 0.164. The second-order valence-corrected chi connectivity index (χ2v) is 5.08. The molecule has 0 saturated heterocycles. The zero-order chi connectivity index (χ0) is 14.8. The molecule has 0 radical (unpaired) electrons. The molecule has 0 spiro atoms. The largest absolute Gasteiger partial charge is 0.453 e. The average molecular weight is 315 g/mol. The van der Waals surface area contributed by atoms with Gasteiger partial charge < -0.3 is 10.5 Å². The Balaban J connectivity index is 2.42. The van der Waals surface area contributed by atoms with Gasteiger partial charge in [-0.05, 0) is 0 Å². The number of nitrogens with two attached hydrogens (primary N) is 1. The van der Waals surface area contributed by atoms with Crippen molar-refractivity contribution in [2.24, 2.45) is 15.7 Å². The summed E-state index contributed by atoms with van der Waals surface area (Å²) in [6, 6.07) is 9.13. The van der Waals surface area contributed by atoms with E-state index in [0.29, 0.717) is 5.84 Å². The van der Waals surface area contributed by atoms with Crippen LogP contribution in [0.4, 0.5) is 4.79 Å². The molecule has 6 nitrogen and oxygen atoms in total. The molecule has 106 valence electrons. The number of nitrogens with zero attached hydrogens (tertiary/aromatic N) is 2. The lowest BCUT2D eigenvalue weighted by Gasteiger charge is -2.27. The van der Waals surface area contributed by atoms with E-state index in [1.54, 1.807) is 12.1 Å². The van der Waals surface area contributed by atoms with Crippen molar-refractivity contribution in [2.45, 2.75) is 10.5 Å². The van der Waals surface area contributed by atoms with Crippen molar-refractivity contribution >= 4 is 41.0 Å². The summed E-state index contributed by atoms with van der Waals surface area (Å²) in [5.74, 6) is 0.336. The van der Waals surface area contributed by atoms with E-state index in [1.807, 2.05) is 18.2 Å². The number of methoxy groups -OCH3 is 1. The van der Waals surface area contributed by atoms with E-state index >= 15 is 0 Å². The van der Waals surface area contributed by atoms with Crippen LogP contribution in [-0.4, -0.2) is 35.4 Å². The van der Waals surface area contributed by atoms with Gasteiger partial charge in [0.25, 0.3) is 0 Å². The summed E-state index contributed by atoms with van der Waals surface area (Å²) in [4.78, 5) is 18.7. The molecule has 20 heavy (non-hydrogen) atoms. The van der Waals surface area contributed by atoms with Crippen molar-refractivity contribution in [3.05, 3.63) is 35.9 Å². The molecule has 8 heteroatoms. The fourth-order valence-electron chi connectivity index (χ4n) is 1.68. The summed E-state index contributed by atoms with van der Waals surface area (Å²) in [6.45, 7) is 0. The van der Waals surface area contributed by atoms with Crippen molar-refractivity contribution in [1.82, 2.24) is 5.32 Å². The van der Waals surface area contributed by atoms with Crippen LogP contribution < -0.4 is 11.1 Å². The SMILES string of the molecule is COC(=O)N[C@]1(C(Cl)Cl)N=C(c2ccccc2)N=C1N. The van der Waals surface area contributed by atoms with Crippen LogP contribution >= 0.6 is 23.2 Å². The lowest BCUT2D eigenvalue weighted by Crippen LogP contribution is -2.59. The van der Waals surface area contributed by atoms with E-state index in [1.165, 1.54) is 7.11 Å². The third kappa shape index (κ3) is 2.57. The first-order chi connectivity index (χ1) is 9.49. The van der Waals surface area contributed by atoms with Gasteiger partial charge in [0.15, 0.2) is 16.5 Å². The molecule has 3 N–H and O–H groups in total. The second-order valence-electron chi connectivity index (χ2n) is 3.98. The van der Waals surface area contributed by atoms with E-state index in [0.717, 1.165) is 5.56 Å². The number of amides is 1. The maximum atomic E-state index is 11.4. The minimum absolute atomic E-state index is 0.00301. The number of hydrogen-bond acceptors (Lipinski definition) is 5. The molecular weight excluding hydrogens is 303 g/mol. The summed E-state index contributed by atoms with van der Waals surface area (Å²) < 4.78 is 4.53. The number of hydrogen-bond donors (Lipinski definition) is 2. The van der Waals surface area contributed by atoms with Crippen LogP contribution in [0.3, 0.4) is 0 Å². The molecule has 1 aliphatic rings. The van der Waals surface area contributed by atoms with E-state index in [2.05, 4.69) is 20.0 Å². The average Bonchev–Trinajstić information content (AvgIpc) is 2.78. The summed E-state index contributed by atoms with van der Waals surface area (Å²) >= 11 is 11.8. The number of nitrogens with one attached hydrogen (secondary N) is 1. The molecule has 1 aromatic carbocycles. The Hall–Kier alpha value is -1.79. The minimum Gasteiger partial charge on any atom is -0.453 e. The molecule has 1 amide bonds. The molecular formula is C12H12Cl2N4O2. The van der Waals surface area contributed by atoms with Crippen molar-refractivity contribution < 1.29 is 9.53 Å². The van der Waals surface area contributed by atoms with E-state index < -0.39 is 16.6 Å². The molecule has 1 atom stereocenters. The van der Waals surface area contributed by atoms with Gasteiger partial charge in [0.1, 0.15) is 0 Å². The highest BCUT2D eigenvalue weighted by molar-refractivity contribution is 6.47. The first-order valence-corrected chi connectivity index (χ1v) is 6.51. The molecule has 0 fully saturated rings. The molecule has 0 bridgehead atoms. The number of alkyl halides is 2. The Morgan fingerprint density at radius 3 is 2.60 bits per heavy atom. The van der Waals surface area contributed by atoms with E-state index in [9.17, 15) is 4.79 Å². The number of carbonyl (C=O) groups is 1. The second kappa shape index (κ2) is 5.68. The van der Waals surface area contributed by atoms with Gasteiger partial charge in [0.2, 0.25) is 5.66 Å². The Labute approximate surface area is 125 Å². The summed E-state index contributed by atoms with van der Waals surface area (Å²) in [5.41, 5.74) is 5.05. The van der Waals surface area contributed by atoms with Crippen LogP contribution in [0.1, 0.15) is 5.56 Å². The maximum absolute atomic E-state index is 11.4. The van der Waals surface area contributed by atoms with Crippen LogP contribution in [-0.2, 0) is 4.74 Å². The van der Waals surface area contributed by atoms with Crippen molar-refractivity contribution in [3.63, 3.8) is 0 Å². The first kappa shape index (κ1) is 14.6. The molecule has 0 unspecified atom stereocenters. The first-order valence-electron chi connectivity index (χ1n) is 5.64. The number of aliphatic imine (C=N–C) groups is 2. The topological polar surface area (TPSA) is 89.1 Å². The molecule has 0 aromatic heterocycles. The molecule has 2 rings (SSSR count). The molecule has 1 aromatic rings. The third-order valence-corrected chi connectivity index (χ3v) is 3.36. The van der Waals surface area contributed by atoms with Gasteiger partial charge in [-0.25, -0.2) is 14.8 Å². The number of alkyl carbamates (subject to hydrolysis) is 1. The van der Waals surface area contributed by atoms with E-state index in [-0.39, 0.29) is 5.84 Å². The fraction of sp³-hybridized carbons (Fsp3) is 0.250. The third-order valence-electron chi connectivity index (χ3n) is 2.72. The normalized spacial score (nSPS) is 21.4. The number of carbonyl (C=O) groups excluding carboxylic acids is 1. The number of halogens is 2. The quantitative estimate of drug-likeness (QED) is 0.831. The molecule has 1 heterocycles. The van der Waals surface area contributed by atoms with Gasteiger partial charge in [-0.1, -0.05) is 53.5 Å². The zero-order valence-electron chi connectivity index (χ0n) is 10.5. The fourth-order valence-corrected chi connectivity index (χ4v) is 2.11. The monoisotopic (exact) mass is 314 g/mol. The Bertz CT molecular complexity index is 574. The van der Waals surface area contributed by atoms with Gasteiger partial charge in [-0.15, -0.1) is 0 Å². The van der Waals surface area contributed by atoms with Gasteiger partial charge in [0.05, 0.1) is 7.11 Å². The highest BCUT2D eigenvalue weighted by Crippen LogP contribution is 2.28. The maximum Gasteiger partial charge on any atom is 0.409 e. The Kier molecular flexibility index (Phi) is 4.15. The summed E-state index contributed by atoms with van der Waals surface area (Å²) in [7, 11) is 1.21. The molecule has 0 aliphatic carbocycles. The summed E-state index contributed by atoms with van der Waals surface area (Å²) in [5, 5.41) is 2.42. The number of rotatable bonds is 3. The standard InChI is InChI=1S/C12H12Cl2N4O2/c1-20-11(19)18-12(9(13)14)10(15)16-8(17-12)7-5-3-2-4-6-7/h2-6,9H,1H3,(H,18,19)(H2,15,16,17)/t12-/m0/s1. The Morgan fingerprint density at radius 1 is 1.40 bits per heavy atom. The molecule has 1 aliphatic heterocycles. The van der Waals surface area contributed by atoms with Gasteiger partial charge in [0, 0.05) is 5.56 Å². The Morgan fingerprint density at radius 2 is 2.05 bits per heavy atom. The van der Waals surface area contributed by atoms with E-state index in [4.69, 9.17) is 28.9 Å². The van der Waals surface area contributed by atoms with Crippen LogP contribution in [0.15, 0.2) is 40.3 Å². The number of benzene rings is 1. The highest BCUT2D eigenvalue weighted by atomic mass is 35.5. The highest BCUT2D eigenvalue weighted by Gasteiger charge is 2.47. The zero-order valence-corrected chi connectivity index (χ0v) is 12.0. The number of ether oxygens (including phenoxy) is 1. The predicted octanol–water partition coefficient (Wildman–Crippen LogP) is 1.66. The van der Waals surface area contributed by atoms with Crippen LogP contribution in [0.2, 0.25) is 0 Å². The van der Waals surface area contributed by atoms with Crippen molar-refractivity contribution in [3.8, 4) is 0 Å². The predicted molar refractivity (Wildman–Crippen MR) is 78.4 cm³/mol. The van der Waals surface area contributed by atoms with Crippen molar-refractivity contribution in [2.75, 3.05) is 7.11 Å². The van der Waals surface area contributed by atoms with Crippen LogP contribution in [0.25, 0.3) is 0 Å². The minimum atomic E-state index is -1.53. The van der Waals surface area contributed by atoms with Crippen molar-refractivity contribution in [1.29, 1.82) is 0 Å². The summed E-state index contributed by atoms with van der Waals surface area (Å²) in [6.07, 6.45) is -0.757. The van der Waals surface area contributed by atoms with Gasteiger partial charge in [-0.3, -0.25) is 5.32 Å². The smallest absolute Gasteiger partial charge is 0.409 e. The van der Waals surface area contributed by atoms with Gasteiger partial charge in [-0.2, -0.15) is 0 Å². The van der Waals surface area contributed by atoms with Crippen LogP contribution in [0, 0.1) is 0 Å². The lowest BCUT2D eigenvalue weighted by atomic mass is 10.2. The molecule has 0 saturated carbocycles. The van der Waals surface area contributed by atoms with Crippen LogP contribution in [0.5, 0.6) is 0 Å².